The molecule has 1 atom stereocenters. The zero-order valence-electron chi connectivity index (χ0n) is 18.9. The highest BCUT2D eigenvalue weighted by atomic mass is 16.5. The van der Waals surface area contributed by atoms with Gasteiger partial charge in [-0.1, -0.05) is 25.7 Å². The van der Waals surface area contributed by atoms with Gasteiger partial charge < -0.3 is 15.0 Å². The smallest absolute Gasteiger partial charge is 0.257 e. The fraction of sp³-hybridized carbons (Fsp3) is 0.783. The van der Waals surface area contributed by atoms with E-state index in [2.05, 4.69) is 28.1 Å². The van der Waals surface area contributed by atoms with Gasteiger partial charge in [-0.25, -0.2) is 0 Å². The van der Waals surface area contributed by atoms with Gasteiger partial charge in [-0.2, -0.15) is 14.5 Å². The van der Waals surface area contributed by atoms with Crippen molar-refractivity contribution in [3.8, 4) is 5.88 Å². The van der Waals surface area contributed by atoms with Gasteiger partial charge in [0.05, 0.1) is 0 Å². The Kier molecular flexibility index (Phi) is 6.55. The van der Waals surface area contributed by atoms with Gasteiger partial charge in [0.1, 0.15) is 12.4 Å². The minimum Gasteiger partial charge on any atom is -0.476 e. The standard InChI is InChI=1S/C23H37N7O/c1-18-17-29(13-10-24-18)21-16-20(31-15-14-28-11-6-3-7-12-28)25-23-26-22(27-30(21)23)19-8-4-2-5-9-19/h16,18-19,24H,2-15,17H2,1H3. The first-order valence-electron chi connectivity index (χ1n) is 12.4. The van der Waals surface area contributed by atoms with Gasteiger partial charge in [0.25, 0.3) is 5.78 Å². The molecule has 0 radical (unpaired) electrons. The van der Waals surface area contributed by atoms with Gasteiger partial charge >= 0.3 is 0 Å². The number of piperidine rings is 1. The van der Waals surface area contributed by atoms with E-state index < -0.39 is 0 Å². The number of aromatic nitrogens is 4. The summed E-state index contributed by atoms with van der Waals surface area (Å²) in [5.41, 5.74) is 0. The topological polar surface area (TPSA) is 70.8 Å². The lowest BCUT2D eigenvalue weighted by Gasteiger charge is -2.33. The Bertz CT molecular complexity index is 857. The summed E-state index contributed by atoms with van der Waals surface area (Å²) in [6.45, 7) is 9.12. The third-order valence-electron chi connectivity index (χ3n) is 7.06. The molecule has 3 fully saturated rings. The Morgan fingerprint density at radius 2 is 1.84 bits per heavy atom. The number of anilines is 1. The van der Waals surface area contributed by atoms with E-state index in [1.165, 1.54) is 64.5 Å². The number of hydrogen-bond acceptors (Lipinski definition) is 7. The van der Waals surface area contributed by atoms with Crippen molar-refractivity contribution in [3.63, 3.8) is 0 Å². The molecule has 0 amide bonds. The Hall–Kier alpha value is -1.93. The molecule has 2 saturated heterocycles. The van der Waals surface area contributed by atoms with E-state index in [1.54, 1.807) is 0 Å². The number of likely N-dealkylation sites (tertiary alicyclic amines) is 1. The van der Waals surface area contributed by atoms with Crippen LogP contribution in [0, 0.1) is 0 Å². The van der Waals surface area contributed by atoms with Crippen LogP contribution in [-0.2, 0) is 0 Å². The van der Waals surface area contributed by atoms with Gasteiger partial charge in [-0.3, -0.25) is 4.90 Å². The quantitative estimate of drug-likeness (QED) is 0.760. The lowest BCUT2D eigenvalue weighted by molar-refractivity contribution is 0.180. The summed E-state index contributed by atoms with van der Waals surface area (Å²) in [4.78, 5) is 14.5. The third kappa shape index (κ3) is 4.95. The predicted octanol–water partition coefficient (Wildman–Crippen LogP) is 2.83. The molecular formula is C23H37N7O. The minimum absolute atomic E-state index is 0.446. The molecule has 1 N–H and O–H groups in total. The van der Waals surface area contributed by atoms with Crippen molar-refractivity contribution >= 4 is 11.6 Å². The van der Waals surface area contributed by atoms with Crippen LogP contribution >= 0.6 is 0 Å². The second-order valence-electron chi connectivity index (χ2n) is 9.52. The molecule has 5 rings (SSSR count). The number of nitrogens with zero attached hydrogens (tertiary/aromatic N) is 6. The molecule has 0 bridgehead atoms. The van der Waals surface area contributed by atoms with Crippen LogP contribution in [0.4, 0.5) is 5.82 Å². The van der Waals surface area contributed by atoms with E-state index in [1.807, 2.05) is 4.52 Å². The number of fused-ring (bicyclic) bond motifs is 1. The summed E-state index contributed by atoms with van der Waals surface area (Å²) >= 11 is 0. The van der Waals surface area contributed by atoms with E-state index >= 15 is 0 Å². The molecule has 1 saturated carbocycles. The molecule has 2 aliphatic heterocycles. The molecular weight excluding hydrogens is 390 g/mol. The normalized spacial score (nSPS) is 24.0. The van der Waals surface area contributed by atoms with Crippen molar-refractivity contribution in [2.24, 2.45) is 0 Å². The summed E-state index contributed by atoms with van der Waals surface area (Å²) in [5.74, 6) is 3.84. The maximum absolute atomic E-state index is 6.15. The van der Waals surface area contributed by atoms with Crippen molar-refractivity contribution in [1.82, 2.24) is 29.8 Å². The van der Waals surface area contributed by atoms with Crippen molar-refractivity contribution in [2.45, 2.75) is 70.3 Å². The fourth-order valence-electron chi connectivity index (χ4n) is 5.28. The number of rotatable bonds is 6. The second-order valence-corrected chi connectivity index (χ2v) is 9.52. The van der Waals surface area contributed by atoms with Gasteiger partial charge in [0.2, 0.25) is 5.88 Å². The Morgan fingerprint density at radius 1 is 1.03 bits per heavy atom. The molecule has 3 aliphatic rings. The molecule has 1 aliphatic carbocycles. The van der Waals surface area contributed by atoms with E-state index in [0.717, 1.165) is 37.8 Å². The lowest BCUT2D eigenvalue weighted by Crippen LogP contribution is -2.49. The van der Waals surface area contributed by atoms with Crippen molar-refractivity contribution < 1.29 is 4.74 Å². The molecule has 2 aromatic heterocycles. The first kappa shape index (κ1) is 20.9. The van der Waals surface area contributed by atoms with Crippen molar-refractivity contribution in [1.29, 1.82) is 0 Å². The maximum atomic E-state index is 6.15. The Labute approximate surface area is 185 Å². The zero-order valence-corrected chi connectivity index (χ0v) is 18.9. The van der Waals surface area contributed by atoms with Crippen LogP contribution in [-0.4, -0.2) is 76.4 Å². The Morgan fingerprint density at radius 3 is 2.65 bits per heavy atom. The van der Waals surface area contributed by atoms with E-state index in [0.29, 0.717) is 30.2 Å². The minimum atomic E-state index is 0.446. The summed E-state index contributed by atoms with van der Waals surface area (Å²) in [7, 11) is 0. The number of hydrogen-bond donors (Lipinski definition) is 1. The zero-order chi connectivity index (χ0) is 21.0. The molecule has 170 valence electrons. The molecule has 31 heavy (non-hydrogen) atoms. The largest absolute Gasteiger partial charge is 0.476 e. The summed E-state index contributed by atoms with van der Waals surface area (Å²) < 4.78 is 8.11. The van der Waals surface area contributed by atoms with Crippen LogP contribution in [0.5, 0.6) is 5.88 Å². The lowest BCUT2D eigenvalue weighted by atomic mass is 9.89. The van der Waals surface area contributed by atoms with Crippen molar-refractivity contribution in [3.05, 3.63) is 11.9 Å². The van der Waals surface area contributed by atoms with Gasteiger partial charge in [-0.15, -0.1) is 5.10 Å². The van der Waals surface area contributed by atoms with E-state index in [-0.39, 0.29) is 0 Å². The molecule has 8 heteroatoms. The van der Waals surface area contributed by atoms with Gasteiger partial charge in [0.15, 0.2) is 5.82 Å². The van der Waals surface area contributed by atoms with Crippen molar-refractivity contribution in [2.75, 3.05) is 50.8 Å². The average Bonchev–Trinajstić information content (AvgIpc) is 3.24. The summed E-state index contributed by atoms with van der Waals surface area (Å²) in [6.07, 6.45) is 10.2. The van der Waals surface area contributed by atoms with Crippen LogP contribution in [0.2, 0.25) is 0 Å². The highest BCUT2D eigenvalue weighted by Crippen LogP contribution is 2.32. The second kappa shape index (κ2) is 9.69. The van der Waals surface area contributed by atoms with E-state index in [4.69, 9.17) is 19.8 Å². The van der Waals surface area contributed by atoms with E-state index in [9.17, 15) is 0 Å². The summed E-state index contributed by atoms with van der Waals surface area (Å²) in [5, 5.41) is 8.48. The van der Waals surface area contributed by atoms with Crippen LogP contribution in [0.15, 0.2) is 6.07 Å². The highest BCUT2D eigenvalue weighted by molar-refractivity contribution is 5.50. The molecule has 1 unspecified atom stereocenters. The maximum Gasteiger partial charge on any atom is 0.257 e. The monoisotopic (exact) mass is 427 g/mol. The Balaban J connectivity index is 1.38. The average molecular weight is 428 g/mol. The first-order valence-corrected chi connectivity index (χ1v) is 12.4. The molecule has 0 aromatic carbocycles. The van der Waals surface area contributed by atoms with Gasteiger partial charge in [0, 0.05) is 44.2 Å². The summed E-state index contributed by atoms with van der Waals surface area (Å²) in [6, 6.07) is 2.52. The fourth-order valence-corrected chi connectivity index (χ4v) is 5.28. The highest BCUT2D eigenvalue weighted by Gasteiger charge is 2.25. The molecule has 2 aromatic rings. The third-order valence-corrected chi connectivity index (χ3v) is 7.06. The predicted molar refractivity (Wildman–Crippen MR) is 122 cm³/mol. The van der Waals surface area contributed by atoms with Crippen LogP contribution in [0.1, 0.15) is 70.0 Å². The number of nitrogens with one attached hydrogen (secondary N) is 1. The first-order chi connectivity index (χ1) is 15.3. The number of piperazine rings is 1. The van der Waals surface area contributed by atoms with Crippen LogP contribution in [0.3, 0.4) is 0 Å². The SMILES string of the molecule is CC1CN(c2cc(OCCN3CCCCC3)nc3nc(C4CCCCC4)nn23)CCN1. The molecule has 8 nitrogen and oxygen atoms in total. The van der Waals surface area contributed by atoms with Crippen LogP contribution in [0.25, 0.3) is 5.78 Å². The van der Waals surface area contributed by atoms with Crippen LogP contribution < -0.4 is 15.0 Å². The van der Waals surface area contributed by atoms with Gasteiger partial charge in [-0.05, 0) is 45.7 Å². The molecule has 0 spiro atoms. The number of ether oxygens (including phenoxy) is 1. The molecule has 4 heterocycles.